The Bertz CT molecular complexity index is 728. The van der Waals surface area contributed by atoms with Crippen LogP contribution < -0.4 is 10.6 Å². The van der Waals surface area contributed by atoms with Crippen molar-refractivity contribution < 1.29 is 4.21 Å². The summed E-state index contributed by atoms with van der Waals surface area (Å²) in [5.41, 5.74) is 2.28. The number of halogens is 2. The first-order valence-electron chi connectivity index (χ1n) is 8.83. The molecular formula is C20H27ClIN3OS. The third-order valence-electron chi connectivity index (χ3n) is 3.70. The molecule has 0 aliphatic rings. The van der Waals surface area contributed by atoms with E-state index in [1.807, 2.05) is 55.5 Å². The summed E-state index contributed by atoms with van der Waals surface area (Å²) in [6, 6.07) is 17.8. The summed E-state index contributed by atoms with van der Waals surface area (Å²) in [4.78, 5) is 4.52. The molecule has 0 bridgehead atoms. The van der Waals surface area contributed by atoms with Crippen molar-refractivity contribution >= 4 is 52.3 Å². The maximum absolute atomic E-state index is 12.2. The fourth-order valence-electron chi connectivity index (χ4n) is 2.45. The molecule has 1 atom stereocenters. The summed E-state index contributed by atoms with van der Waals surface area (Å²) in [6.45, 7) is 4.11. The second-order valence-corrected chi connectivity index (χ2v) is 7.85. The van der Waals surface area contributed by atoms with Crippen molar-refractivity contribution in [3.05, 3.63) is 70.7 Å². The molecule has 148 valence electrons. The van der Waals surface area contributed by atoms with Gasteiger partial charge in [0.1, 0.15) is 0 Å². The molecule has 0 spiro atoms. The Hall–Kier alpha value is -1.12. The number of guanidine groups is 1. The zero-order chi connectivity index (χ0) is 18.6. The Morgan fingerprint density at radius 1 is 1.07 bits per heavy atom. The van der Waals surface area contributed by atoms with Crippen molar-refractivity contribution in [2.24, 2.45) is 4.99 Å². The number of nitrogens with one attached hydrogen (secondary N) is 2. The van der Waals surface area contributed by atoms with Crippen LogP contribution in [0.15, 0.2) is 59.6 Å². The third-order valence-corrected chi connectivity index (χ3v) is 5.23. The first-order chi connectivity index (χ1) is 12.7. The largest absolute Gasteiger partial charge is 0.357 e. The molecule has 2 N–H and O–H groups in total. The molecule has 2 rings (SSSR count). The van der Waals surface area contributed by atoms with Crippen LogP contribution in [0.1, 0.15) is 18.1 Å². The Balaban J connectivity index is 0.00000364. The summed E-state index contributed by atoms with van der Waals surface area (Å²) in [6.07, 6.45) is 0.866. The molecule has 0 heterocycles. The molecule has 0 saturated heterocycles. The van der Waals surface area contributed by atoms with Crippen LogP contribution in [-0.2, 0) is 23.0 Å². The average Bonchev–Trinajstić information content (AvgIpc) is 2.62. The van der Waals surface area contributed by atoms with Crippen LogP contribution in [0.5, 0.6) is 0 Å². The van der Waals surface area contributed by atoms with E-state index >= 15 is 0 Å². The van der Waals surface area contributed by atoms with Crippen LogP contribution in [0.3, 0.4) is 0 Å². The highest BCUT2D eigenvalue weighted by atomic mass is 127. The van der Waals surface area contributed by atoms with E-state index in [1.165, 1.54) is 5.56 Å². The molecule has 4 nitrogen and oxygen atoms in total. The molecule has 2 aromatic rings. The van der Waals surface area contributed by atoms with E-state index in [4.69, 9.17) is 11.6 Å². The van der Waals surface area contributed by atoms with Crippen molar-refractivity contribution in [1.82, 2.24) is 10.6 Å². The van der Waals surface area contributed by atoms with E-state index in [0.717, 1.165) is 36.1 Å². The lowest BCUT2D eigenvalue weighted by Crippen LogP contribution is -2.38. The predicted octanol–water partition coefficient (Wildman–Crippen LogP) is 4.00. The van der Waals surface area contributed by atoms with Crippen molar-refractivity contribution in [3.8, 4) is 0 Å². The van der Waals surface area contributed by atoms with Gasteiger partial charge in [-0.1, -0.05) is 54.1 Å². The highest BCUT2D eigenvalue weighted by Gasteiger charge is 2.02. The van der Waals surface area contributed by atoms with Gasteiger partial charge >= 0.3 is 0 Å². The summed E-state index contributed by atoms with van der Waals surface area (Å²) in [5, 5.41) is 7.28. The van der Waals surface area contributed by atoms with Gasteiger partial charge in [0.2, 0.25) is 0 Å². The van der Waals surface area contributed by atoms with E-state index in [9.17, 15) is 4.21 Å². The van der Waals surface area contributed by atoms with Gasteiger partial charge in [0, 0.05) is 40.4 Å². The van der Waals surface area contributed by atoms with Gasteiger partial charge in [-0.25, -0.2) is 0 Å². The Morgan fingerprint density at radius 2 is 1.81 bits per heavy atom. The normalized spacial score (nSPS) is 12.1. The van der Waals surface area contributed by atoms with Gasteiger partial charge in [-0.2, -0.15) is 0 Å². The number of hydrogen-bond donors (Lipinski definition) is 2. The fourth-order valence-corrected chi connectivity index (χ4v) is 3.67. The zero-order valence-electron chi connectivity index (χ0n) is 15.5. The highest BCUT2D eigenvalue weighted by molar-refractivity contribution is 14.0. The minimum absolute atomic E-state index is 0. The molecule has 0 aromatic heterocycles. The molecule has 7 heteroatoms. The minimum Gasteiger partial charge on any atom is -0.357 e. The average molecular weight is 520 g/mol. The predicted molar refractivity (Wildman–Crippen MR) is 128 cm³/mol. The summed E-state index contributed by atoms with van der Waals surface area (Å²) >= 11 is 6.01. The molecule has 0 saturated carbocycles. The SMILES string of the molecule is CCNC(=NCCS(=O)Cc1ccccc1)NCCc1cccc(Cl)c1.I. The van der Waals surface area contributed by atoms with Gasteiger partial charge in [-0.15, -0.1) is 24.0 Å². The van der Waals surface area contributed by atoms with E-state index in [-0.39, 0.29) is 24.0 Å². The van der Waals surface area contributed by atoms with Gasteiger partial charge in [-0.05, 0) is 36.6 Å². The quantitative estimate of drug-likeness (QED) is 0.299. The lowest BCUT2D eigenvalue weighted by atomic mass is 10.1. The van der Waals surface area contributed by atoms with Gasteiger partial charge in [0.15, 0.2) is 5.96 Å². The number of nitrogens with zero attached hydrogens (tertiary/aromatic N) is 1. The molecule has 0 aliphatic heterocycles. The molecular weight excluding hydrogens is 493 g/mol. The molecule has 0 amide bonds. The standard InChI is InChI=1S/C20H26ClN3OS.HI/c1-2-22-20(23-12-11-17-9-6-10-19(21)15-17)24-13-14-26(25)16-18-7-4-3-5-8-18;/h3-10,15H,2,11-14,16H2,1H3,(H2,22,23,24);1H. The Kier molecular flexibility index (Phi) is 12.4. The summed E-state index contributed by atoms with van der Waals surface area (Å²) < 4.78 is 12.2. The molecule has 27 heavy (non-hydrogen) atoms. The van der Waals surface area contributed by atoms with Crippen molar-refractivity contribution in [1.29, 1.82) is 0 Å². The Labute approximate surface area is 186 Å². The fraction of sp³-hybridized carbons (Fsp3) is 0.350. The monoisotopic (exact) mass is 519 g/mol. The van der Waals surface area contributed by atoms with E-state index < -0.39 is 10.8 Å². The van der Waals surface area contributed by atoms with Crippen molar-refractivity contribution in [2.45, 2.75) is 19.1 Å². The first-order valence-corrected chi connectivity index (χ1v) is 10.7. The zero-order valence-corrected chi connectivity index (χ0v) is 19.4. The number of rotatable bonds is 9. The molecule has 0 aliphatic carbocycles. The van der Waals surface area contributed by atoms with E-state index in [1.54, 1.807) is 0 Å². The maximum Gasteiger partial charge on any atom is 0.191 e. The van der Waals surface area contributed by atoms with Crippen LogP contribution in [0.4, 0.5) is 0 Å². The third kappa shape index (κ3) is 10.1. The van der Waals surface area contributed by atoms with E-state index in [2.05, 4.69) is 21.7 Å². The molecule has 0 fully saturated rings. The van der Waals surface area contributed by atoms with Gasteiger partial charge in [0.25, 0.3) is 0 Å². The first kappa shape index (κ1) is 23.9. The van der Waals surface area contributed by atoms with Gasteiger partial charge < -0.3 is 10.6 Å². The van der Waals surface area contributed by atoms with Crippen LogP contribution in [0.25, 0.3) is 0 Å². The lowest BCUT2D eigenvalue weighted by Gasteiger charge is -2.11. The van der Waals surface area contributed by atoms with Crippen LogP contribution in [0.2, 0.25) is 5.02 Å². The van der Waals surface area contributed by atoms with Gasteiger partial charge in [-0.3, -0.25) is 9.20 Å². The molecule has 0 radical (unpaired) electrons. The minimum atomic E-state index is -0.907. The summed E-state index contributed by atoms with van der Waals surface area (Å²) in [7, 11) is -0.907. The lowest BCUT2D eigenvalue weighted by molar-refractivity contribution is 0.682. The second kappa shape index (κ2) is 14.0. The maximum atomic E-state index is 12.2. The summed E-state index contributed by atoms with van der Waals surface area (Å²) in [5.74, 6) is 1.89. The van der Waals surface area contributed by atoms with Crippen molar-refractivity contribution in [3.63, 3.8) is 0 Å². The second-order valence-electron chi connectivity index (χ2n) is 5.84. The van der Waals surface area contributed by atoms with E-state index in [0.29, 0.717) is 18.1 Å². The van der Waals surface area contributed by atoms with Gasteiger partial charge in [0.05, 0.1) is 6.54 Å². The van der Waals surface area contributed by atoms with Crippen LogP contribution >= 0.6 is 35.6 Å². The Morgan fingerprint density at radius 3 is 2.52 bits per heavy atom. The smallest absolute Gasteiger partial charge is 0.191 e. The molecule has 1 unspecified atom stereocenters. The van der Waals surface area contributed by atoms with Crippen LogP contribution in [-0.4, -0.2) is 35.6 Å². The van der Waals surface area contributed by atoms with Crippen LogP contribution in [0, 0.1) is 0 Å². The highest BCUT2D eigenvalue weighted by Crippen LogP contribution is 2.10. The molecule has 2 aromatic carbocycles. The number of hydrogen-bond acceptors (Lipinski definition) is 2. The number of benzene rings is 2. The van der Waals surface area contributed by atoms with Crippen molar-refractivity contribution in [2.75, 3.05) is 25.4 Å². The topological polar surface area (TPSA) is 53.5 Å². The number of aliphatic imine (C=N–C) groups is 1.